The summed E-state index contributed by atoms with van der Waals surface area (Å²) >= 11 is 1.80. The van der Waals surface area contributed by atoms with Crippen LogP contribution in [0.5, 0.6) is 0 Å². The first-order valence-electron chi connectivity index (χ1n) is 7.90. The fourth-order valence-corrected chi connectivity index (χ4v) is 4.41. The Morgan fingerprint density at radius 1 is 1.15 bits per heavy atom. The van der Waals surface area contributed by atoms with Gasteiger partial charge in [-0.3, -0.25) is 4.79 Å². The molecule has 1 amide bonds. The molecule has 1 aliphatic carbocycles. The van der Waals surface area contributed by atoms with Crippen molar-refractivity contribution in [1.29, 1.82) is 0 Å². The van der Waals surface area contributed by atoms with Gasteiger partial charge in [0.05, 0.1) is 5.56 Å². The van der Waals surface area contributed by atoms with Crippen molar-refractivity contribution in [3.05, 3.63) is 21.4 Å². The van der Waals surface area contributed by atoms with Crippen LogP contribution in [0.4, 0.5) is 0 Å². The van der Waals surface area contributed by atoms with Gasteiger partial charge in [0.25, 0.3) is 5.91 Å². The van der Waals surface area contributed by atoms with Crippen molar-refractivity contribution in [2.75, 3.05) is 32.7 Å². The van der Waals surface area contributed by atoms with Gasteiger partial charge in [-0.15, -0.1) is 11.3 Å². The van der Waals surface area contributed by atoms with Gasteiger partial charge in [0.2, 0.25) is 0 Å². The third-order valence-corrected chi connectivity index (χ3v) is 5.74. The first-order chi connectivity index (χ1) is 9.79. The number of piperazine rings is 1. The van der Waals surface area contributed by atoms with E-state index in [1.165, 1.54) is 36.1 Å². The smallest absolute Gasteiger partial charge is 0.255 e. The van der Waals surface area contributed by atoms with Crippen LogP contribution in [0.15, 0.2) is 5.38 Å². The minimum absolute atomic E-state index is 0.278. The lowest BCUT2D eigenvalue weighted by Crippen LogP contribution is -2.48. The first kappa shape index (κ1) is 14.1. The Morgan fingerprint density at radius 2 is 1.90 bits per heavy atom. The summed E-state index contributed by atoms with van der Waals surface area (Å²) in [6.45, 7) is 7.10. The molecule has 0 saturated carbocycles. The van der Waals surface area contributed by atoms with Crippen LogP contribution >= 0.6 is 11.3 Å². The predicted octanol–water partition coefficient (Wildman–Crippen LogP) is 2.79. The number of nitrogens with zero attached hydrogens (tertiary/aromatic N) is 2. The van der Waals surface area contributed by atoms with Crippen molar-refractivity contribution >= 4 is 17.2 Å². The van der Waals surface area contributed by atoms with Gasteiger partial charge in [-0.25, -0.2) is 0 Å². The normalized spacial score (nSPS) is 20.6. The molecule has 0 spiro atoms. The zero-order valence-electron chi connectivity index (χ0n) is 12.4. The highest BCUT2D eigenvalue weighted by molar-refractivity contribution is 7.10. The van der Waals surface area contributed by atoms with E-state index >= 15 is 0 Å². The Hall–Kier alpha value is -0.870. The molecule has 0 bridgehead atoms. The summed E-state index contributed by atoms with van der Waals surface area (Å²) in [7, 11) is 0. The summed E-state index contributed by atoms with van der Waals surface area (Å²) in [6.07, 6.45) is 6.12. The Balaban J connectivity index is 1.73. The lowest BCUT2D eigenvalue weighted by molar-refractivity contribution is 0.0643. The lowest BCUT2D eigenvalue weighted by atomic mass is 10.1. The molecule has 1 saturated heterocycles. The molecule has 0 unspecified atom stereocenters. The second kappa shape index (κ2) is 6.27. The maximum Gasteiger partial charge on any atom is 0.255 e. The molecule has 4 heteroatoms. The molecule has 2 heterocycles. The van der Waals surface area contributed by atoms with Gasteiger partial charge in [0.15, 0.2) is 0 Å². The fraction of sp³-hybridized carbons (Fsp3) is 0.688. The molecule has 20 heavy (non-hydrogen) atoms. The van der Waals surface area contributed by atoms with Gasteiger partial charge in [-0.1, -0.05) is 13.3 Å². The molecule has 1 aromatic rings. The first-order valence-corrected chi connectivity index (χ1v) is 8.78. The Labute approximate surface area is 125 Å². The number of fused-ring (bicyclic) bond motifs is 1. The van der Waals surface area contributed by atoms with E-state index in [4.69, 9.17) is 0 Å². The van der Waals surface area contributed by atoms with E-state index in [-0.39, 0.29) is 5.91 Å². The minimum Gasteiger partial charge on any atom is -0.336 e. The van der Waals surface area contributed by atoms with Gasteiger partial charge < -0.3 is 9.80 Å². The number of hydrogen-bond acceptors (Lipinski definition) is 3. The highest BCUT2D eigenvalue weighted by Gasteiger charge is 2.25. The summed E-state index contributed by atoms with van der Waals surface area (Å²) in [4.78, 5) is 18.7. The molecule has 1 aliphatic heterocycles. The molecule has 1 fully saturated rings. The molecule has 1 aromatic heterocycles. The van der Waals surface area contributed by atoms with Gasteiger partial charge in [-0.05, 0) is 37.8 Å². The van der Waals surface area contributed by atoms with Crippen molar-refractivity contribution in [3.8, 4) is 0 Å². The quantitative estimate of drug-likeness (QED) is 0.783. The Morgan fingerprint density at radius 3 is 2.65 bits per heavy atom. The number of likely N-dealkylation sites (N-methyl/N-ethyl adjacent to an activating group) is 1. The van der Waals surface area contributed by atoms with E-state index in [1.54, 1.807) is 11.3 Å². The molecular weight excluding hydrogens is 268 g/mol. The second-order valence-electron chi connectivity index (χ2n) is 5.84. The molecule has 110 valence electrons. The second-order valence-corrected chi connectivity index (χ2v) is 6.80. The van der Waals surface area contributed by atoms with Gasteiger partial charge in [-0.2, -0.15) is 0 Å². The number of aryl methyl sites for hydroxylation is 1. The maximum atomic E-state index is 12.8. The molecule has 2 aliphatic rings. The number of thiophene rings is 1. The van der Waals surface area contributed by atoms with Gasteiger partial charge >= 0.3 is 0 Å². The molecule has 3 nitrogen and oxygen atoms in total. The molecule has 0 N–H and O–H groups in total. The van der Waals surface area contributed by atoms with Crippen LogP contribution in [-0.4, -0.2) is 48.4 Å². The monoisotopic (exact) mass is 292 g/mol. The third-order valence-electron chi connectivity index (χ3n) is 4.65. The van der Waals surface area contributed by atoms with E-state index in [0.717, 1.165) is 44.7 Å². The number of carbonyl (C=O) groups excluding carboxylic acids is 1. The highest BCUT2D eigenvalue weighted by Crippen LogP contribution is 2.30. The molecule has 3 rings (SSSR count). The number of amides is 1. The minimum atomic E-state index is 0.278. The van der Waals surface area contributed by atoms with Crippen molar-refractivity contribution in [1.82, 2.24) is 9.80 Å². The average molecular weight is 292 g/mol. The van der Waals surface area contributed by atoms with E-state index in [0.29, 0.717) is 0 Å². The highest BCUT2D eigenvalue weighted by atomic mass is 32.1. The fourth-order valence-electron chi connectivity index (χ4n) is 3.29. The predicted molar refractivity (Wildman–Crippen MR) is 83.6 cm³/mol. The lowest BCUT2D eigenvalue weighted by Gasteiger charge is -2.34. The summed E-state index contributed by atoms with van der Waals surface area (Å²) in [5.74, 6) is 0.278. The van der Waals surface area contributed by atoms with Crippen molar-refractivity contribution in [3.63, 3.8) is 0 Å². The molecule has 0 aromatic carbocycles. The number of carbonyl (C=O) groups is 1. The van der Waals surface area contributed by atoms with Crippen molar-refractivity contribution in [2.24, 2.45) is 0 Å². The topological polar surface area (TPSA) is 23.6 Å². The molecule has 0 atom stereocenters. The molecule has 0 radical (unpaired) electrons. The van der Waals surface area contributed by atoms with Crippen LogP contribution in [0, 0.1) is 0 Å². The van der Waals surface area contributed by atoms with Crippen LogP contribution in [0.1, 0.15) is 47.0 Å². The summed E-state index contributed by atoms with van der Waals surface area (Å²) in [6, 6.07) is 0. The summed E-state index contributed by atoms with van der Waals surface area (Å²) < 4.78 is 0. The Bertz CT molecular complexity index is 475. The standard InChI is InChI=1S/C16H24N2OS/c1-2-17-8-10-18(11-9-17)16(19)14-12-20-15-7-5-3-4-6-13(14)15/h12H,2-11H2,1H3. The zero-order valence-corrected chi connectivity index (χ0v) is 13.2. The van der Waals surface area contributed by atoms with Crippen LogP contribution in [0.2, 0.25) is 0 Å². The Kier molecular flexibility index (Phi) is 4.41. The zero-order chi connectivity index (χ0) is 13.9. The van der Waals surface area contributed by atoms with Crippen LogP contribution in [0.25, 0.3) is 0 Å². The van der Waals surface area contributed by atoms with Crippen molar-refractivity contribution in [2.45, 2.75) is 39.0 Å². The van der Waals surface area contributed by atoms with Crippen LogP contribution in [-0.2, 0) is 12.8 Å². The number of rotatable bonds is 2. The number of hydrogen-bond donors (Lipinski definition) is 0. The van der Waals surface area contributed by atoms with E-state index in [2.05, 4.69) is 22.1 Å². The van der Waals surface area contributed by atoms with Crippen molar-refractivity contribution < 1.29 is 4.79 Å². The van der Waals surface area contributed by atoms with Gasteiger partial charge in [0, 0.05) is 36.4 Å². The molecular formula is C16H24N2OS. The van der Waals surface area contributed by atoms with Crippen LogP contribution < -0.4 is 0 Å². The third kappa shape index (κ3) is 2.77. The average Bonchev–Trinajstić information content (AvgIpc) is 2.75. The summed E-state index contributed by atoms with van der Waals surface area (Å²) in [5, 5.41) is 2.12. The van der Waals surface area contributed by atoms with E-state index in [1.807, 2.05) is 0 Å². The van der Waals surface area contributed by atoms with E-state index < -0.39 is 0 Å². The summed E-state index contributed by atoms with van der Waals surface area (Å²) in [5.41, 5.74) is 2.38. The van der Waals surface area contributed by atoms with Gasteiger partial charge in [0.1, 0.15) is 0 Å². The maximum absolute atomic E-state index is 12.8. The van der Waals surface area contributed by atoms with E-state index in [9.17, 15) is 4.79 Å². The van der Waals surface area contributed by atoms with Crippen LogP contribution in [0.3, 0.4) is 0 Å². The largest absolute Gasteiger partial charge is 0.336 e. The SMILES string of the molecule is CCN1CCN(C(=O)c2csc3c2CCCCC3)CC1.